The van der Waals surface area contributed by atoms with Crippen molar-refractivity contribution in [2.24, 2.45) is 5.92 Å². The van der Waals surface area contributed by atoms with Crippen LogP contribution in [0.3, 0.4) is 0 Å². The van der Waals surface area contributed by atoms with E-state index in [-0.39, 0.29) is 11.9 Å². The first-order valence-electron chi connectivity index (χ1n) is 10.1. The molecule has 3 N–H and O–H groups in total. The highest BCUT2D eigenvalue weighted by Gasteiger charge is 2.28. The van der Waals surface area contributed by atoms with Crippen LogP contribution < -0.4 is 20.7 Å². The Morgan fingerprint density at radius 3 is 2.69 bits per heavy atom. The van der Waals surface area contributed by atoms with Crippen LogP contribution in [0.25, 0.3) is 0 Å². The molecule has 26 heavy (non-hydrogen) atoms. The van der Waals surface area contributed by atoms with E-state index in [4.69, 9.17) is 4.74 Å². The molecule has 1 aliphatic carbocycles. The number of benzene rings is 1. The summed E-state index contributed by atoms with van der Waals surface area (Å²) in [5, 5.41) is 10.0. The Bertz CT molecular complexity index is 555. The van der Waals surface area contributed by atoms with Gasteiger partial charge in [-0.05, 0) is 36.5 Å². The molecule has 144 valence electrons. The summed E-state index contributed by atoms with van der Waals surface area (Å²) in [6.45, 7) is 2.48. The SMILES string of the molecule is COc1ccc(CNC2CNC(C(=O)NCCC3CCCCC3)C2)cc1. The number of carbonyl (C=O) groups excluding carboxylic acids is 1. The standard InChI is InChI=1S/C21H33N3O2/c1-26-19-9-7-17(8-10-19)14-23-18-13-20(24-15-18)21(25)22-12-11-16-5-3-2-4-6-16/h7-10,16,18,20,23-24H,2-6,11-15H2,1H3,(H,22,25). The molecule has 1 heterocycles. The number of methoxy groups -OCH3 is 1. The Kier molecular flexibility index (Phi) is 7.32. The molecule has 1 amide bonds. The summed E-state index contributed by atoms with van der Waals surface area (Å²) in [6.07, 6.45) is 8.79. The van der Waals surface area contributed by atoms with Gasteiger partial charge in [-0.15, -0.1) is 0 Å². The van der Waals surface area contributed by atoms with E-state index in [1.807, 2.05) is 12.1 Å². The van der Waals surface area contributed by atoms with Crippen molar-refractivity contribution in [2.45, 2.75) is 63.6 Å². The summed E-state index contributed by atoms with van der Waals surface area (Å²) in [7, 11) is 1.68. The number of amides is 1. The van der Waals surface area contributed by atoms with Gasteiger partial charge in [-0.25, -0.2) is 0 Å². The number of ether oxygens (including phenoxy) is 1. The molecule has 3 rings (SSSR count). The first kappa shape index (κ1) is 19.2. The third-order valence-electron chi connectivity index (χ3n) is 5.78. The average molecular weight is 360 g/mol. The van der Waals surface area contributed by atoms with Gasteiger partial charge in [-0.3, -0.25) is 4.79 Å². The highest BCUT2D eigenvalue weighted by atomic mass is 16.5. The molecule has 0 spiro atoms. The van der Waals surface area contributed by atoms with Gasteiger partial charge in [0.15, 0.2) is 0 Å². The van der Waals surface area contributed by atoms with Gasteiger partial charge in [0.2, 0.25) is 5.91 Å². The molecule has 5 heteroatoms. The van der Waals surface area contributed by atoms with Crippen LogP contribution in [0.5, 0.6) is 5.75 Å². The van der Waals surface area contributed by atoms with E-state index in [1.165, 1.54) is 37.7 Å². The van der Waals surface area contributed by atoms with Crippen molar-refractivity contribution < 1.29 is 9.53 Å². The quantitative estimate of drug-likeness (QED) is 0.668. The van der Waals surface area contributed by atoms with E-state index in [0.717, 1.165) is 44.1 Å². The minimum atomic E-state index is -0.0604. The van der Waals surface area contributed by atoms with Crippen molar-refractivity contribution in [1.82, 2.24) is 16.0 Å². The van der Waals surface area contributed by atoms with Crippen LogP contribution in [-0.2, 0) is 11.3 Å². The molecule has 0 bridgehead atoms. The second kappa shape index (κ2) is 9.93. The van der Waals surface area contributed by atoms with Crippen molar-refractivity contribution >= 4 is 5.91 Å². The van der Waals surface area contributed by atoms with Crippen molar-refractivity contribution in [1.29, 1.82) is 0 Å². The topological polar surface area (TPSA) is 62.4 Å². The Labute approximate surface area is 157 Å². The van der Waals surface area contributed by atoms with E-state index in [9.17, 15) is 4.79 Å². The Hall–Kier alpha value is -1.59. The van der Waals surface area contributed by atoms with Crippen molar-refractivity contribution in [3.05, 3.63) is 29.8 Å². The van der Waals surface area contributed by atoms with Crippen LogP contribution in [0.4, 0.5) is 0 Å². The summed E-state index contributed by atoms with van der Waals surface area (Å²) in [4.78, 5) is 12.4. The first-order chi connectivity index (χ1) is 12.7. The molecule has 2 fully saturated rings. The number of rotatable bonds is 8. The van der Waals surface area contributed by atoms with E-state index in [1.54, 1.807) is 7.11 Å². The Balaban J connectivity index is 1.32. The molecule has 1 aromatic rings. The largest absolute Gasteiger partial charge is 0.497 e. The number of nitrogens with one attached hydrogen (secondary N) is 3. The molecule has 0 radical (unpaired) electrons. The third kappa shape index (κ3) is 5.71. The highest BCUT2D eigenvalue weighted by molar-refractivity contribution is 5.82. The lowest BCUT2D eigenvalue weighted by Gasteiger charge is -2.21. The summed E-state index contributed by atoms with van der Waals surface area (Å²) in [5.74, 6) is 1.86. The van der Waals surface area contributed by atoms with Crippen LogP contribution >= 0.6 is 0 Å². The number of carbonyl (C=O) groups is 1. The maximum absolute atomic E-state index is 12.4. The molecular formula is C21H33N3O2. The van der Waals surface area contributed by atoms with Gasteiger partial charge < -0.3 is 20.7 Å². The van der Waals surface area contributed by atoms with Crippen LogP contribution in [-0.4, -0.2) is 38.2 Å². The molecule has 1 saturated carbocycles. The summed E-state index contributed by atoms with van der Waals surface area (Å²) < 4.78 is 5.18. The minimum Gasteiger partial charge on any atom is -0.497 e. The van der Waals surface area contributed by atoms with E-state index in [0.29, 0.717) is 6.04 Å². The number of hydrogen-bond donors (Lipinski definition) is 3. The molecule has 1 aliphatic heterocycles. The smallest absolute Gasteiger partial charge is 0.237 e. The van der Waals surface area contributed by atoms with E-state index >= 15 is 0 Å². The molecule has 1 saturated heterocycles. The first-order valence-corrected chi connectivity index (χ1v) is 10.1. The van der Waals surface area contributed by atoms with Gasteiger partial charge in [-0.2, -0.15) is 0 Å². The maximum atomic E-state index is 12.4. The van der Waals surface area contributed by atoms with E-state index in [2.05, 4.69) is 28.1 Å². The molecular weight excluding hydrogens is 326 g/mol. The highest BCUT2D eigenvalue weighted by Crippen LogP contribution is 2.25. The van der Waals surface area contributed by atoms with Gasteiger partial charge >= 0.3 is 0 Å². The van der Waals surface area contributed by atoms with Gasteiger partial charge in [-0.1, -0.05) is 44.2 Å². The number of hydrogen-bond acceptors (Lipinski definition) is 4. The van der Waals surface area contributed by atoms with Crippen LogP contribution in [0.2, 0.25) is 0 Å². The van der Waals surface area contributed by atoms with Crippen molar-refractivity contribution in [2.75, 3.05) is 20.2 Å². The fourth-order valence-electron chi connectivity index (χ4n) is 4.10. The monoisotopic (exact) mass is 359 g/mol. The zero-order chi connectivity index (χ0) is 18.2. The van der Waals surface area contributed by atoms with E-state index < -0.39 is 0 Å². The van der Waals surface area contributed by atoms with Gasteiger partial charge in [0, 0.05) is 25.7 Å². The molecule has 2 atom stereocenters. The normalized spacial score (nSPS) is 23.7. The van der Waals surface area contributed by atoms with Crippen molar-refractivity contribution in [3.63, 3.8) is 0 Å². The lowest BCUT2D eigenvalue weighted by atomic mass is 9.87. The second-order valence-corrected chi connectivity index (χ2v) is 7.71. The molecule has 0 aromatic heterocycles. The summed E-state index contributed by atoms with van der Waals surface area (Å²) in [6, 6.07) is 8.38. The fraction of sp³-hybridized carbons (Fsp3) is 0.667. The Morgan fingerprint density at radius 2 is 1.96 bits per heavy atom. The Morgan fingerprint density at radius 1 is 1.19 bits per heavy atom. The predicted octanol–water partition coefficient (Wildman–Crippen LogP) is 2.60. The predicted molar refractivity (Wildman–Crippen MR) is 104 cm³/mol. The van der Waals surface area contributed by atoms with Crippen LogP contribution in [0.1, 0.15) is 50.5 Å². The lowest BCUT2D eigenvalue weighted by Crippen LogP contribution is -2.41. The average Bonchev–Trinajstić information content (AvgIpc) is 3.17. The molecule has 5 nitrogen and oxygen atoms in total. The lowest BCUT2D eigenvalue weighted by molar-refractivity contribution is -0.122. The zero-order valence-electron chi connectivity index (χ0n) is 15.9. The van der Waals surface area contributed by atoms with Gasteiger partial charge in [0.25, 0.3) is 0 Å². The summed E-state index contributed by atoms with van der Waals surface area (Å²) in [5.41, 5.74) is 1.23. The fourth-order valence-corrected chi connectivity index (χ4v) is 4.10. The van der Waals surface area contributed by atoms with Gasteiger partial charge in [0.1, 0.15) is 5.75 Å². The van der Waals surface area contributed by atoms with Gasteiger partial charge in [0.05, 0.1) is 13.2 Å². The molecule has 2 aliphatic rings. The molecule has 2 unspecified atom stereocenters. The van der Waals surface area contributed by atoms with Crippen LogP contribution in [0.15, 0.2) is 24.3 Å². The minimum absolute atomic E-state index is 0.0604. The third-order valence-corrected chi connectivity index (χ3v) is 5.78. The zero-order valence-corrected chi connectivity index (χ0v) is 15.9. The molecule has 1 aromatic carbocycles. The second-order valence-electron chi connectivity index (χ2n) is 7.71. The van der Waals surface area contributed by atoms with Crippen molar-refractivity contribution in [3.8, 4) is 5.75 Å². The van der Waals surface area contributed by atoms with Crippen LogP contribution in [0, 0.1) is 5.92 Å². The maximum Gasteiger partial charge on any atom is 0.237 e. The summed E-state index contributed by atoms with van der Waals surface area (Å²) >= 11 is 0.